The first-order valence-electron chi connectivity index (χ1n) is 7.61. The number of aliphatic hydroxyl groups is 1. The van der Waals surface area contributed by atoms with Gasteiger partial charge < -0.3 is 15.2 Å². The molecule has 0 saturated carbocycles. The van der Waals surface area contributed by atoms with Gasteiger partial charge in [0.1, 0.15) is 0 Å². The van der Waals surface area contributed by atoms with E-state index in [4.69, 9.17) is 4.74 Å². The number of carbonyl (C=O) groups excluding carboxylic acids is 1. The number of amides is 1. The van der Waals surface area contributed by atoms with Crippen molar-refractivity contribution in [1.82, 2.24) is 14.9 Å². The van der Waals surface area contributed by atoms with E-state index in [1.165, 1.54) is 45.3 Å². The number of aliphatic hydroxyl groups excluding tert-OH is 1. The van der Waals surface area contributed by atoms with Gasteiger partial charge in [-0.25, -0.2) is 4.79 Å². The zero-order valence-corrected chi connectivity index (χ0v) is 15.1. The topological polar surface area (TPSA) is 113 Å². The maximum atomic E-state index is 12.0. The van der Waals surface area contributed by atoms with Gasteiger partial charge in [0.05, 0.1) is 17.5 Å². The Morgan fingerprint density at radius 2 is 2.25 bits per heavy atom. The second-order valence-corrected chi connectivity index (χ2v) is 8.01. The van der Waals surface area contributed by atoms with E-state index in [0.717, 1.165) is 0 Å². The van der Waals surface area contributed by atoms with Gasteiger partial charge >= 0.3 is 5.69 Å². The highest BCUT2D eigenvalue weighted by Crippen LogP contribution is 2.42. The van der Waals surface area contributed by atoms with Crippen molar-refractivity contribution in [3.63, 3.8) is 0 Å². The molecule has 0 aliphatic carbocycles. The molecule has 134 valence electrons. The molecule has 1 aromatic heterocycles. The normalized spacial score (nSPS) is 26.5. The summed E-state index contributed by atoms with van der Waals surface area (Å²) in [6.07, 6.45) is 0.238. The molecule has 0 spiro atoms. The molecule has 0 radical (unpaired) electrons. The minimum atomic E-state index is -0.725. The highest BCUT2D eigenvalue weighted by molar-refractivity contribution is 8.77. The van der Waals surface area contributed by atoms with Crippen molar-refractivity contribution in [1.29, 1.82) is 0 Å². The Morgan fingerprint density at radius 1 is 1.50 bits per heavy atom. The molecule has 1 aliphatic heterocycles. The van der Waals surface area contributed by atoms with E-state index in [9.17, 15) is 19.5 Å². The fraction of sp³-hybridized carbons (Fsp3) is 0.643. The van der Waals surface area contributed by atoms with E-state index in [0.29, 0.717) is 18.7 Å². The average molecular weight is 375 g/mol. The van der Waals surface area contributed by atoms with E-state index in [1.807, 2.05) is 6.92 Å². The number of ether oxygens (including phenoxy) is 1. The first-order valence-corrected chi connectivity index (χ1v) is 10.00. The number of H-pyrrole nitrogens is 1. The summed E-state index contributed by atoms with van der Waals surface area (Å²) in [5, 5.41) is 12.8. The summed E-state index contributed by atoms with van der Waals surface area (Å²) in [5.41, 5.74) is -1.04. The van der Waals surface area contributed by atoms with Gasteiger partial charge in [-0.05, 0) is 6.42 Å². The lowest BCUT2D eigenvalue weighted by atomic mass is 10.1. The minimum Gasteiger partial charge on any atom is -0.389 e. The molecule has 0 aromatic carbocycles. The van der Waals surface area contributed by atoms with E-state index in [2.05, 4.69) is 10.3 Å². The molecule has 2 rings (SSSR count). The van der Waals surface area contributed by atoms with Crippen LogP contribution in [-0.2, 0) is 9.53 Å². The summed E-state index contributed by atoms with van der Waals surface area (Å²) >= 11 is 0. The molecule has 1 saturated heterocycles. The molecule has 1 aromatic rings. The van der Waals surface area contributed by atoms with Crippen molar-refractivity contribution < 1.29 is 14.6 Å². The van der Waals surface area contributed by atoms with E-state index in [-0.39, 0.29) is 17.3 Å². The Labute approximate surface area is 146 Å². The summed E-state index contributed by atoms with van der Waals surface area (Å²) in [6, 6.07) is 1.25. The third kappa shape index (κ3) is 4.65. The van der Waals surface area contributed by atoms with E-state index < -0.39 is 23.6 Å². The summed E-state index contributed by atoms with van der Waals surface area (Å²) in [4.78, 5) is 36.3. The van der Waals surface area contributed by atoms with Gasteiger partial charge in [-0.3, -0.25) is 19.1 Å². The quantitative estimate of drug-likeness (QED) is 0.457. The molecule has 1 unspecified atom stereocenters. The summed E-state index contributed by atoms with van der Waals surface area (Å²) in [6.45, 7) is 3.88. The Balaban J connectivity index is 2.07. The lowest BCUT2D eigenvalue weighted by molar-refractivity contribution is -0.118. The van der Waals surface area contributed by atoms with Crippen LogP contribution in [0.1, 0.15) is 26.5 Å². The highest BCUT2D eigenvalue weighted by Gasteiger charge is 2.44. The zero-order valence-electron chi connectivity index (χ0n) is 13.4. The number of carbonyl (C=O) groups is 1. The van der Waals surface area contributed by atoms with Crippen LogP contribution in [0.2, 0.25) is 0 Å². The van der Waals surface area contributed by atoms with E-state index >= 15 is 0 Å². The van der Waals surface area contributed by atoms with Gasteiger partial charge in [-0.2, -0.15) is 0 Å². The molecular formula is C14H21N3O5S2. The second kappa shape index (κ2) is 8.75. The van der Waals surface area contributed by atoms with Crippen LogP contribution >= 0.6 is 21.6 Å². The molecule has 0 bridgehead atoms. The molecule has 1 aliphatic rings. The fourth-order valence-corrected chi connectivity index (χ4v) is 5.06. The van der Waals surface area contributed by atoms with Crippen LogP contribution in [0.4, 0.5) is 0 Å². The Hall–Kier alpha value is -1.23. The van der Waals surface area contributed by atoms with Crippen LogP contribution in [0.5, 0.6) is 0 Å². The zero-order chi connectivity index (χ0) is 17.7. The molecule has 8 nitrogen and oxygen atoms in total. The number of hydrogen-bond donors (Lipinski definition) is 3. The summed E-state index contributed by atoms with van der Waals surface area (Å²) < 4.78 is 7.12. The second-order valence-electron chi connectivity index (χ2n) is 5.35. The third-order valence-electron chi connectivity index (χ3n) is 3.58. The van der Waals surface area contributed by atoms with Crippen LogP contribution in [0.3, 0.4) is 0 Å². The lowest BCUT2D eigenvalue weighted by Gasteiger charge is -2.20. The van der Waals surface area contributed by atoms with Gasteiger partial charge in [0.2, 0.25) is 5.91 Å². The predicted octanol–water partition coefficient (Wildman–Crippen LogP) is 0.0910. The van der Waals surface area contributed by atoms with Crippen molar-refractivity contribution in [2.75, 3.05) is 12.3 Å². The van der Waals surface area contributed by atoms with Crippen molar-refractivity contribution in [3.8, 4) is 0 Å². The summed E-state index contributed by atoms with van der Waals surface area (Å²) in [5.74, 6) is 0.575. The van der Waals surface area contributed by atoms with E-state index in [1.54, 1.807) is 0 Å². The van der Waals surface area contributed by atoms with Crippen LogP contribution < -0.4 is 16.6 Å². The maximum Gasteiger partial charge on any atom is 0.330 e. The number of hydrogen-bond acceptors (Lipinski definition) is 7. The number of nitrogens with zero attached hydrogens (tertiary/aromatic N) is 1. The molecule has 1 fully saturated rings. The Kier molecular flexibility index (Phi) is 6.96. The highest BCUT2D eigenvalue weighted by atomic mass is 33.1. The Bertz CT molecular complexity index is 677. The molecule has 1 amide bonds. The lowest BCUT2D eigenvalue weighted by Crippen LogP contribution is -2.36. The van der Waals surface area contributed by atoms with Crippen molar-refractivity contribution in [3.05, 3.63) is 33.1 Å². The van der Waals surface area contributed by atoms with Crippen LogP contribution in [0.15, 0.2) is 21.9 Å². The number of aromatic nitrogens is 2. The van der Waals surface area contributed by atoms with Gasteiger partial charge in [0.15, 0.2) is 6.23 Å². The van der Waals surface area contributed by atoms with Crippen LogP contribution in [0.25, 0.3) is 0 Å². The van der Waals surface area contributed by atoms with Crippen LogP contribution in [0, 0.1) is 0 Å². The van der Waals surface area contributed by atoms with Crippen LogP contribution in [-0.4, -0.2) is 50.3 Å². The Morgan fingerprint density at radius 3 is 2.88 bits per heavy atom. The smallest absolute Gasteiger partial charge is 0.330 e. The molecule has 10 heteroatoms. The number of rotatable bonds is 7. The summed E-state index contributed by atoms with van der Waals surface area (Å²) in [7, 11) is 2.91. The first kappa shape index (κ1) is 19.1. The largest absolute Gasteiger partial charge is 0.389 e. The van der Waals surface area contributed by atoms with Crippen molar-refractivity contribution in [2.24, 2.45) is 0 Å². The van der Waals surface area contributed by atoms with Gasteiger partial charge in [-0.15, -0.1) is 0 Å². The van der Waals surface area contributed by atoms with Crippen molar-refractivity contribution >= 4 is 27.5 Å². The van der Waals surface area contributed by atoms with Crippen molar-refractivity contribution in [2.45, 2.75) is 44.0 Å². The fourth-order valence-electron chi connectivity index (χ4n) is 2.41. The molecular weight excluding hydrogens is 354 g/mol. The standard InChI is InChI=1S/C14H21N3O5S2/c1-3-9-11(20)12(24-23-7-5-15-8(2)18)13(22-9)17-6-4-10(19)16-14(17)21/h4,6,9,11-13,20H,3,5,7H2,1-2H3,(H,15,18)(H,16,19,21)/t9-,11+,12?,13-/m1/s1. The predicted molar refractivity (Wildman–Crippen MR) is 94.1 cm³/mol. The first-order chi connectivity index (χ1) is 11.4. The molecule has 2 heterocycles. The minimum absolute atomic E-state index is 0.0893. The van der Waals surface area contributed by atoms with Gasteiger partial charge in [-0.1, -0.05) is 28.5 Å². The number of nitrogens with one attached hydrogen (secondary N) is 2. The monoisotopic (exact) mass is 375 g/mol. The molecule has 3 N–H and O–H groups in total. The van der Waals surface area contributed by atoms with Gasteiger partial charge in [0.25, 0.3) is 5.56 Å². The van der Waals surface area contributed by atoms with Gasteiger partial charge in [0, 0.05) is 31.5 Å². The number of aromatic amines is 1. The maximum absolute atomic E-state index is 12.0. The third-order valence-corrected chi connectivity index (χ3v) is 6.39. The molecule has 24 heavy (non-hydrogen) atoms. The SMILES string of the molecule is CC[C@H]1O[C@@H](n2ccc(=O)[nH]c2=O)C(SSCCNC(C)=O)[C@H]1O. The molecule has 4 atom stereocenters. The average Bonchev–Trinajstić information content (AvgIpc) is 2.83.